The van der Waals surface area contributed by atoms with Crippen LogP contribution in [0.3, 0.4) is 0 Å². The molecule has 146 valence electrons. The van der Waals surface area contributed by atoms with Crippen LogP contribution in [0.1, 0.15) is 18.7 Å². The van der Waals surface area contributed by atoms with Crippen LogP contribution in [0.5, 0.6) is 11.5 Å². The molecule has 3 aromatic rings. The highest BCUT2D eigenvalue weighted by molar-refractivity contribution is 5.75. The number of nitrogens with one attached hydrogen (secondary N) is 1. The lowest BCUT2D eigenvalue weighted by molar-refractivity contribution is -0.121. The maximum atomic E-state index is 11.9. The predicted molar refractivity (Wildman–Crippen MR) is 104 cm³/mol. The Hall–Kier alpha value is -3.35. The number of aromatic nitrogens is 2. The largest absolute Gasteiger partial charge is 0.497 e. The molecule has 0 bridgehead atoms. The van der Waals surface area contributed by atoms with E-state index in [1.54, 1.807) is 7.11 Å². The van der Waals surface area contributed by atoms with Gasteiger partial charge in [-0.25, -0.2) is 0 Å². The van der Waals surface area contributed by atoms with Crippen LogP contribution in [0, 0.1) is 0 Å². The van der Waals surface area contributed by atoms with Gasteiger partial charge in [-0.05, 0) is 30.7 Å². The Morgan fingerprint density at radius 2 is 1.93 bits per heavy atom. The van der Waals surface area contributed by atoms with Crippen LogP contribution in [0.2, 0.25) is 0 Å². The fraction of sp³-hybridized carbons (Fsp3) is 0.286. The number of carbonyl (C=O) groups excluding carboxylic acids is 1. The number of benzene rings is 2. The number of hydrogen-bond donors (Lipinski definition) is 1. The summed E-state index contributed by atoms with van der Waals surface area (Å²) in [7, 11) is 1.61. The van der Waals surface area contributed by atoms with Crippen molar-refractivity contribution in [1.82, 2.24) is 15.5 Å². The Labute approximate surface area is 163 Å². The molecule has 3 rings (SSSR count). The van der Waals surface area contributed by atoms with E-state index in [2.05, 4.69) is 15.5 Å². The number of methoxy groups -OCH3 is 1. The first kappa shape index (κ1) is 19.4. The van der Waals surface area contributed by atoms with Gasteiger partial charge in [0.15, 0.2) is 0 Å². The van der Waals surface area contributed by atoms with E-state index < -0.39 is 0 Å². The minimum atomic E-state index is -0.0239. The number of ether oxygens (including phenoxy) is 2. The van der Waals surface area contributed by atoms with Crippen LogP contribution in [-0.4, -0.2) is 36.3 Å². The summed E-state index contributed by atoms with van der Waals surface area (Å²) in [4.78, 5) is 16.3. The van der Waals surface area contributed by atoms with Crippen LogP contribution in [0.4, 0.5) is 0 Å². The third-order valence-corrected chi connectivity index (χ3v) is 4.02. The van der Waals surface area contributed by atoms with Crippen molar-refractivity contribution in [3.8, 4) is 22.9 Å². The molecule has 1 amide bonds. The van der Waals surface area contributed by atoms with Crippen molar-refractivity contribution < 1.29 is 18.8 Å². The quantitative estimate of drug-likeness (QED) is 0.543. The zero-order valence-corrected chi connectivity index (χ0v) is 15.8. The maximum absolute atomic E-state index is 11.9. The molecule has 0 aliphatic heterocycles. The molecule has 7 nitrogen and oxygen atoms in total. The summed E-state index contributed by atoms with van der Waals surface area (Å²) in [5.74, 6) is 2.49. The van der Waals surface area contributed by atoms with Crippen molar-refractivity contribution in [3.05, 3.63) is 60.5 Å². The zero-order valence-electron chi connectivity index (χ0n) is 15.8. The highest BCUT2D eigenvalue weighted by Crippen LogP contribution is 2.21. The normalized spacial score (nSPS) is 10.5. The summed E-state index contributed by atoms with van der Waals surface area (Å²) in [6.07, 6.45) is 1.54. The Morgan fingerprint density at radius 1 is 1.11 bits per heavy atom. The van der Waals surface area contributed by atoms with Crippen molar-refractivity contribution in [2.45, 2.75) is 19.3 Å². The molecule has 0 spiro atoms. The standard InChI is InChI=1S/C21H23N3O4/c1-26-18-10-5-7-16(15-18)21-23-20(28-24-21)12-13-22-19(25)11-6-14-27-17-8-3-2-4-9-17/h2-5,7-10,15H,6,11-14H2,1H3,(H,22,25). The summed E-state index contributed by atoms with van der Waals surface area (Å²) in [6.45, 7) is 0.948. The Kier molecular flexibility index (Phi) is 7.01. The molecule has 0 unspecified atom stereocenters. The predicted octanol–water partition coefficient (Wildman–Crippen LogP) is 3.26. The summed E-state index contributed by atoms with van der Waals surface area (Å²) >= 11 is 0. The first-order valence-electron chi connectivity index (χ1n) is 9.16. The molecule has 0 atom stereocenters. The fourth-order valence-electron chi connectivity index (χ4n) is 2.57. The number of hydrogen-bond acceptors (Lipinski definition) is 6. The van der Waals surface area contributed by atoms with Crippen molar-refractivity contribution in [2.75, 3.05) is 20.3 Å². The summed E-state index contributed by atoms with van der Waals surface area (Å²) in [5.41, 5.74) is 0.816. The van der Waals surface area contributed by atoms with Gasteiger partial charge in [0.2, 0.25) is 17.6 Å². The van der Waals surface area contributed by atoms with Gasteiger partial charge in [0.05, 0.1) is 13.7 Å². The van der Waals surface area contributed by atoms with Gasteiger partial charge in [-0.1, -0.05) is 35.5 Å². The van der Waals surface area contributed by atoms with E-state index in [-0.39, 0.29) is 5.91 Å². The molecule has 1 aromatic heterocycles. The minimum absolute atomic E-state index is 0.0239. The molecule has 0 saturated heterocycles. The number of carbonyl (C=O) groups is 1. The van der Waals surface area contributed by atoms with Gasteiger partial charge in [-0.3, -0.25) is 4.79 Å². The second-order valence-electron chi connectivity index (χ2n) is 6.11. The van der Waals surface area contributed by atoms with Crippen molar-refractivity contribution >= 4 is 5.91 Å². The van der Waals surface area contributed by atoms with E-state index in [0.717, 1.165) is 17.1 Å². The van der Waals surface area contributed by atoms with Crippen LogP contribution >= 0.6 is 0 Å². The molecule has 7 heteroatoms. The average molecular weight is 381 g/mol. The Balaban J connectivity index is 1.35. The first-order valence-corrected chi connectivity index (χ1v) is 9.16. The first-order chi connectivity index (χ1) is 13.7. The molecule has 2 aromatic carbocycles. The second kappa shape index (κ2) is 10.1. The Morgan fingerprint density at radius 3 is 2.75 bits per heavy atom. The topological polar surface area (TPSA) is 86.5 Å². The SMILES string of the molecule is COc1cccc(-c2noc(CCNC(=O)CCCOc3ccccc3)n2)c1. The summed E-state index contributed by atoms with van der Waals surface area (Å²) in [6, 6.07) is 17.0. The van der Waals surface area contributed by atoms with Crippen molar-refractivity contribution in [2.24, 2.45) is 0 Å². The number of para-hydroxylation sites is 1. The lowest BCUT2D eigenvalue weighted by Gasteiger charge is -2.06. The molecule has 0 aliphatic carbocycles. The second-order valence-corrected chi connectivity index (χ2v) is 6.11. The van der Waals surface area contributed by atoms with Crippen LogP contribution < -0.4 is 14.8 Å². The molecule has 0 fully saturated rings. The maximum Gasteiger partial charge on any atom is 0.228 e. The summed E-state index contributed by atoms with van der Waals surface area (Å²) < 4.78 is 16.0. The molecular formula is C21H23N3O4. The van der Waals surface area contributed by atoms with Crippen LogP contribution in [-0.2, 0) is 11.2 Å². The molecule has 1 N–H and O–H groups in total. The van der Waals surface area contributed by atoms with Gasteiger partial charge >= 0.3 is 0 Å². The van der Waals surface area contributed by atoms with Gasteiger partial charge in [0.25, 0.3) is 0 Å². The molecule has 0 aliphatic rings. The average Bonchev–Trinajstić information content (AvgIpc) is 3.21. The van der Waals surface area contributed by atoms with Crippen LogP contribution in [0.25, 0.3) is 11.4 Å². The highest BCUT2D eigenvalue weighted by atomic mass is 16.5. The van der Waals surface area contributed by atoms with Gasteiger partial charge in [0, 0.05) is 24.9 Å². The molecule has 0 saturated carbocycles. The molecule has 1 heterocycles. The fourth-order valence-corrected chi connectivity index (χ4v) is 2.57. The summed E-state index contributed by atoms with van der Waals surface area (Å²) in [5, 5.41) is 6.83. The third kappa shape index (κ3) is 5.84. The molecule has 0 radical (unpaired) electrons. The van der Waals surface area contributed by atoms with E-state index in [4.69, 9.17) is 14.0 Å². The van der Waals surface area contributed by atoms with Gasteiger partial charge in [-0.2, -0.15) is 4.98 Å². The minimum Gasteiger partial charge on any atom is -0.497 e. The van der Waals surface area contributed by atoms with E-state index in [1.807, 2.05) is 54.6 Å². The van der Waals surface area contributed by atoms with Gasteiger partial charge in [0.1, 0.15) is 11.5 Å². The Bertz CT molecular complexity index is 880. The number of amides is 1. The lowest BCUT2D eigenvalue weighted by atomic mass is 10.2. The van der Waals surface area contributed by atoms with Crippen LogP contribution in [0.15, 0.2) is 59.1 Å². The number of nitrogens with zero attached hydrogens (tertiary/aromatic N) is 2. The van der Waals surface area contributed by atoms with E-state index in [1.165, 1.54) is 0 Å². The van der Waals surface area contributed by atoms with E-state index >= 15 is 0 Å². The lowest BCUT2D eigenvalue weighted by Crippen LogP contribution is -2.25. The zero-order chi connectivity index (χ0) is 19.6. The monoisotopic (exact) mass is 381 g/mol. The van der Waals surface area contributed by atoms with E-state index in [0.29, 0.717) is 44.1 Å². The smallest absolute Gasteiger partial charge is 0.228 e. The van der Waals surface area contributed by atoms with E-state index in [9.17, 15) is 4.79 Å². The molecular weight excluding hydrogens is 358 g/mol. The third-order valence-electron chi connectivity index (χ3n) is 4.02. The van der Waals surface area contributed by atoms with Crippen molar-refractivity contribution in [3.63, 3.8) is 0 Å². The van der Waals surface area contributed by atoms with Gasteiger partial charge in [-0.15, -0.1) is 0 Å². The number of rotatable bonds is 10. The van der Waals surface area contributed by atoms with Crippen molar-refractivity contribution in [1.29, 1.82) is 0 Å². The van der Waals surface area contributed by atoms with Gasteiger partial charge < -0.3 is 19.3 Å². The highest BCUT2D eigenvalue weighted by Gasteiger charge is 2.10. The molecule has 28 heavy (non-hydrogen) atoms.